The molecule has 5 rings (SSSR count). The van der Waals surface area contributed by atoms with Crippen LogP contribution in [0.2, 0.25) is 0 Å². The molecule has 1 fully saturated rings. The summed E-state index contributed by atoms with van der Waals surface area (Å²) in [4.78, 5) is 17.0. The molecule has 4 aromatic rings. The normalized spacial score (nSPS) is 14.2. The average molecular weight is 471 g/mol. The Labute approximate surface area is 201 Å². The number of pyridine rings is 1. The SMILES string of the molecule is COc1cc(C(=O)NCC2(F)COC2)ccc1-c1cc2nccc(-c3ccc(C)c(C#N)c3)c2o1. The number of nitriles is 1. The van der Waals surface area contributed by atoms with Gasteiger partial charge >= 0.3 is 0 Å². The molecule has 2 aromatic heterocycles. The van der Waals surface area contributed by atoms with E-state index in [1.807, 2.05) is 31.2 Å². The number of benzene rings is 2. The number of carbonyl (C=O) groups is 1. The van der Waals surface area contributed by atoms with Crippen LogP contribution in [0.5, 0.6) is 5.75 Å². The van der Waals surface area contributed by atoms with E-state index < -0.39 is 11.6 Å². The Balaban J connectivity index is 1.48. The number of alkyl halides is 1. The number of halogens is 1. The summed E-state index contributed by atoms with van der Waals surface area (Å²) in [5.74, 6) is 0.549. The zero-order valence-corrected chi connectivity index (χ0v) is 19.2. The number of nitrogens with one attached hydrogen (secondary N) is 1. The second-order valence-corrected chi connectivity index (χ2v) is 8.57. The number of fused-ring (bicyclic) bond motifs is 1. The molecule has 0 saturated carbocycles. The molecule has 2 aromatic carbocycles. The summed E-state index contributed by atoms with van der Waals surface area (Å²) in [7, 11) is 1.50. The zero-order valence-electron chi connectivity index (χ0n) is 19.2. The second kappa shape index (κ2) is 8.85. The van der Waals surface area contributed by atoms with E-state index in [1.165, 1.54) is 7.11 Å². The van der Waals surface area contributed by atoms with Crippen LogP contribution in [-0.2, 0) is 4.74 Å². The van der Waals surface area contributed by atoms with Gasteiger partial charge in [-0.2, -0.15) is 5.26 Å². The molecule has 176 valence electrons. The third kappa shape index (κ3) is 4.22. The number of aryl methyl sites for hydroxylation is 1. The van der Waals surface area contributed by atoms with Crippen LogP contribution in [0.3, 0.4) is 0 Å². The molecule has 0 atom stereocenters. The number of hydrogen-bond donors (Lipinski definition) is 1. The van der Waals surface area contributed by atoms with Gasteiger partial charge in [0.2, 0.25) is 0 Å². The summed E-state index contributed by atoms with van der Waals surface area (Å²) in [5, 5.41) is 12.0. The second-order valence-electron chi connectivity index (χ2n) is 8.57. The Morgan fingerprint density at radius 1 is 1.20 bits per heavy atom. The highest BCUT2D eigenvalue weighted by Crippen LogP contribution is 2.38. The summed E-state index contributed by atoms with van der Waals surface area (Å²) >= 11 is 0. The van der Waals surface area contributed by atoms with Crippen molar-refractivity contribution in [1.29, 1.82) is 5.26 Å². The van der Waals surface area contributed by atoms with Gasteiger partial charge in [-0.1, -0.05) is 12.1 Å². The van der Waals surface area contributed by atoms with Crippen LogP contribution in [0, 0.1) is 18.3 Å². The van der Waals surface area contributed by atoms with Crippen LogP contribution < -0.4 is 10.1 Å². The van der Waals surface area contributed by atoms with Gasteiger partial charge in [0.1, 0.15) is 17.0 Å². The van der Waals surface area contributed by atoms with Gasteiger partial charge in [0.15, 0.2) is 11.3 Å². The molecule has 3 heterocycles. The van der Waals surface area contributed by atoms with Gasteiger partial charge in [-0.25, -0.2) is 4.39 Å². The number of carbonyl (C=O) groups excluding carboxylic acids is 1. The number of nitrogens with zero attached hydrogens (tertiary/aromatic N) is 2. The highest BCUT2D eigenvalue weighted by Gasteiger charge is 2.39. The van der Waals surface area contributed by atoms with Crippen molar-refractivity contribution >= 4 is 17.0 Å². The van der Waals surface area contributed by atoms with Crippen molar-refractivity contribution in [2.24, 2.45) is 0 Å². The summed E-state index contributed by atoms with van der Waals surface area (Å²) in [6.07, 6.45) is 1.69. The van der Waals surface area contributed by atoms with Crippen molar-refractivity contribution in [3.63, 3.8) is 0 Å². The van der Waals surface area contributed by atoms with Gasteiger partial charge in [-0.15, -0.1) is 0 Å². The number of methoxy groups -OCH3 is 1. The first kappa shape index (κ1) is 22.6. The minimum atomic E-state index is -1.51. The molecule has 8 heteroatoms. The third-order valence-corrected chi connectivity index (χ3v) is 6.10. The predicted molar refractivity (Wildman–Crippen MR) is 128 cm³/mol. The Morgan fingerprint density at radius 2 is 2.03 bits per heavy atom. The molecule has 0 unspecified atom stereocenters. The monoisotopic (exact) mass is 471 g/mol. The van der Waals surface area contributed by atoms with Crippen LogP contribution in [0.4, 0.5) is 4.39 Å². The van der Waals surface area contributed by atoms with Gasteiger partial charge in [-0.3, -0.25) is 9.78 Å². The van der Waals surface area contributed by atoms with Gasteiger partial charge in [-0.05, 0) is 48.4 Å². The van der Waals surface area contributed by atoms with E-state index >= 15 is 0 Å². The molecule has 1 saturated heterocycles. The highest BCUT2D eigenvalue weighted by molar-refractivity contribution is 5.96. The molecular weight excluding hydrogens is 449 g/mol. The topological polar surface area (TPSA) is 97.4 Å². The minimum absolute atomic E-state index is 0.0158. The molecule has 1 N–H and O–H groups in total. The number of aromatic nitrogens is 1. The van der Waals surface area contributed by atoms with E-state index in [-0.39, 0.29) is 19.8 Å². The molecule has 1 aliphatic rings. The Kier molecular flexibility index (Phi) is 5.71. The highest BCUT2D eigenvalue weighted by atomic mass is 19.1. The number of furan rings is 1. The van der Waals surface area contributed by atoms with Crippen LogP contribution in [0.1, 0.15) is 21.5 Å². The number of rotatable bonds is 6. The first-order chi connectivity index (χ1) is 16.9. The largest absolute Gasteiger partial charge is 0.496 e. The van der Waals surface area contributed by atoms with Gasteiger partial charge in [0, 0.05) is 23.4 Å². The summed E-state index contributed by atoms with van der Waals surface area (Å²) in [5.41, 5.74) is 3.86. The fourth-order valence-corrected chi connectivity index (χ4v) is 4.01. The summed E-state index contributed by atoms with van der Waals surface area (Å²) < 4.78 is 30.8. The first-order valence-electron chi connectivity index (χ1n) is 11.0. The maximum Gasteiger partial charge on any atom is 0.251 e. The zero-order chi connectivity index (χ0) is 24.6. The molecule has 0 spiro atoms. The van der Waals surface area contributed by atoms with Crippen molar-refractivity contribution in [3.05, 3.63) is 71.4 Å². The molecule has 1 aliphatic heterocycles. The van der Waals surface area contributed by atoms with Crippen molar-refractivity contribution < 1.29 is 23.1 Å². The quantitative estimate of drug-likeness (QED) is 0.433. The first-order valence-corrected chi connectivity index (χ1v) is 11.0. The van der Waals surface area contributed by atoms with Gasteiger partial charge in [0.05, 0.1) is 44.1 Å². The lowest BCUT2D eigenvalue weighted by Crippen LogP contribution is -2.53. The molecule has 0 bridgehead atoms. The van der Waals surface area contributed by atoms with Crippen molar-refractivity contribution in [3.8, 4) is 34.3 Å². The Bertz CT molecular complexity index is 1480. The van der Waals surface area contributed by atoms with E-state index in [0.717, 1.165) is 16.7 Å². The standard InChI is InChI=1S/C27H22FN3O4/c1-16-3-4-17(9-19(16)12-29)20-7-8-30-22-11-24(35-25(20)22)21-6-5-18(10-23(21)33-2)26(32)31-13-27(28)14-34-15-27/h3-11H,13-15H2,1-2H3,(H,31,32). The third-order valence-electron chi connectivity index (χ3n) is 6.10. The molecule has 0 radical (unpaired) electrons. The van der Waals surface area contributed by atoms with E-state index in [2.05, 4.69) is 16.4 Å². The van der Waals surface area contributed by atoms with Crippen LogP contribution >= 0.6 is 0 Å². The number of ether oxygens (including phenoxy) is 2. The predicted octanol–water partition coefficient (Wildman–Crippen LogP) is 4.82. The van der Waals surface area contributed by atoms with E-state index in [9.17, 15) is 14.4 Å². The maximum absolute atomic E-state index is 14.1. The maximum atomic E-state index is 14.1. The molecule has 0 aliphatic carbocycles. The van der Waals surface area contributed by atoms with Crippen molar-refractivity contribution in [2.45, 2.75) is 12.6 Å². The van der Waals surface area contributed by atoms with Gasteiger partial charge < -0.3 is 19.2 Å². The Morgan fingerprint density at radius 3 is 2.74 bits per heavy atom. The lowest BCUT2D eigenvalue weighted by molar-refractivity contribution is -0.126. The fraction of sp³-hybridized carbons (Fsp3) is 0.222. The van der Waals surface area contributed by atoms with E-state index in [4.69, 9.17) is 13.9 Å². The molecular formula is C27H22FN3O4. The van der Waals surface area contributed by atoms with Gasteiger partial charge in [0.25, 0.3) is 5.91 Å². The lowest BCUT2D eigenvalue weighted by atomic mass is 10.0. The minimum Gasteiger partial charge on any atom is -0.496 e. The van der Waals surface area contributed by atoms with Crippen molar-refractivity contribution in [1.82, 2.24) is 10.3 Å². The fourth-order valence-electron chi connectivity index (χ4n) is 4.01. The summed E-state index contributed by atoms with van der Waals surface area (Å²) in [6, 6.07) is 16.5. The van der Waals surface area contributed by atoms with E-state index in [1.54, 1.807) is 30.5 Å². The number of hydrogen-bond acceptors (Lipinski definition) is 6. The van der Waals surface area contributed by atoms with E-state index in [0.29, 0.717) is 39.3 Å². The van der Waals surface area contributed by atoms with Crippen LogP contribution in [0.25, 0.3) is 33.6 Å². The van der Waals surface area contributed by atoms with Crippen molar-refractivity contribution in [2.75, 3.05) is 26.9 Å². The molecule has 7 nitrogen and oxygen atoms in total. The molecule has 1 amide bonds. The Hall–Kier alpha value is -4.22. The van der Waals surface area contributed by atoms with Crippen LogP contribution in [-0.4, -0.2) is 43.4 Å². The molecule has 35 heavy (non-hydrogen) atoms. The average Bonchev–Trinajstić information content (AvgIpc) is 3.30. The number of amides is 1. The smallest absolute Gasteiger partial charge is 0.251 e. The van der Waals surface area contributed by atoms with Crippen LogP contribution in [0.15, 0.2) is 59.1 Å². The lowest BCUT2D eigenvalue weighted by Gasteiger charge is -2.33. The summed E-state index contributed by atoms with van der Waals surface area (Å²) in [6.45, 7) is 1.75.